The molecule has 2 heterocycles. The molecule has 3 aromatic carbocycles. The maximum atomic E-state index is 12.5. The highest BCUT2D eigenvalue weighted by Crippen LogP contribution is 2.20. The van der Waals surface area contributed by atoms with Crippen LogP contribution < -0.4 is 5.32 Å². The number of imidazole rings is 1. The number of carbonyl (C=O) groups is 1. The van der Waals surface area contributed by atoms with Gasteiger partial charge in [-0.3, -0.25) is 9.78 Å². The zero-order valence-corrected chi connectivity index (χ0v) is 18.2. The number of aromatic nitrogens is 3. The van der Waals surface area contributed by atoms with Gasteiger partial charge in [0.1, 0.15) is 5.82 Å². The highest BCUT2D eigenvalue weighted by molar-refractivity contribution is 5.94. The van der Waals surface area contributed by atoms with E-state index in [9.17, 15) is 4.79 Å². The number of benzene rings is 3. The van der Waals surface area contributed by atoms with Gasteiger partial charge in [0, 0.05) is 37.5 Å². The van der Waals surface area contributed by atoms with Crippen LogP contribution in [0.15, 0.2) is 103 Å². The van der Waals surface area contributed by atoms with E-state index in [1.165, 1.54) is 5.56 Å². The maximum absolute atomic E-state index is 12.5. The Hall–Kier alpha value is -4.25. The summed E-state index contributed by atoms with van der Waals surface area (Å²) in [6.45, 7) is 1.18. The van der Waals surface area contributed by atoms with E-state index in [-0.39, 0.29) is 5.91 Å². The third-order valence-electron chi connectivity index (χ3n) is 5.70. The van der Waals surface area contributed by atoms with E-state index in [1.807, 2.05) is 54.6 Å². The predicted molar refractivity (Wildman–Crippen MR) is 130 cm³/mol. The molecule has 0 bridgehead atoms. The van der Waals surface area contributed by atoms with Crippen molar-refractivity contribution in [2.24, 2.45) is 0 Å². The summed E-state index contributed by atoms with van der Waals surface area (Å²) < 4.78 is 2.26. The molecule has 1 N–H and O–H groups in total. The van der Waals surface area contributed by atoms with Gasteiger partial charge in [-0.25, -0.2) is 4.98 Å². The summed E-state index contributed by atoms with van der Waals surface area (Å²) in [6.07, 6.45) is 4.22. The molecule has 162 valence electrons. The van der Waals surface area contributed by atoms with Crippen LogP contribution in [-0.4, -0.2) is 20.4 Å². The fraction of sp³-hybridized carbons (Fsp3) is 0.107. The Morgan fingerprint density at radius 1 is 0.758 bits per heavy atom. The van der Waals surface area contributed by atoms with Crippen molar-refractivity contribution in [1.29, 1.82) is 0 Å². The van der Waals surface area contributed by atoms with Crippen LogP contribution in [0.2, 0.25) is 0 Å². The van der Waals surface area contributed by atoms with E-state index in [4.69, 9.17) is 4.98 Å². The zero-order chi connectivity index (χ0) is 22.5. The van der Waals surface area contributed by atoms with E-state index in [0.717, 1.165) is 34.4 Å². The van der Waals surface area contributed by atoms with Gasteiger partial charge in [-0.2, -0.15) is 0 Å². The molecular formula is C28H24N4O. The number of hydrogen-bond donors (Lipinski definition) is 1. The van der Waals surface area contributed by atoms with Crippen LogP contribution in [-0.2, 0) is 19.5 Å². The number of fused-ring (bicyclic) bond motifs is 1. The molecule has 5 nitrogen and oxygen atoms in total. The van der Waals surface area contributed by atoms with Crippen LogP contribution in [0.1, 0.15) is 32.9 Å². The molecule has 0 atom stereocenters. The van der Waals surface area contributed by atoms with E-state index in [2.05, 4.69) is 51.3 Å². The number of amides is 1. The van der Waals surface area contributed by atoms with Crippen LogP contribution in [0.25, 0.3) is 11.0 Å². The van der Waals surface area contributed by atoms with Crippen LogP contribution in [0.3, 0.4) is 0 Å². The monoisotopic (exact) mass is 432 g/mol. The highest BCUT2D eigenvalue weighted by Gasteiger charge is 2.12. The number of pyridine rings is 1. The number of nitrogens with one attached hydrogen (secondary N) is 1. The number of para-hydroxylation sites is 2. The number of carbonyl (C=O) groups excluding carboxylic acids is 1. The van der Waals surface area contributed by atoms with Crippen LogP contribution >= 0.6 is 0 Å². The third-order valence-corrected chi connectivity index (χ3v) is 5.70. The molecule has 0 spiro atoms. The molecule has 0 aliphatic heterocycles. The minimum atomic E-state index is -0.0868. The van der Waals surface area contributed by atoms with Gasteiger partial charge >= 0.3 is 0 Å². The number of rotatable bonds is 7. The normalized spacial score (nSPS) is 10.9. The zero-order valence-electron chi connectivity index (χ0n) is 18.2. The lowest BCUT2D eigenvalue weighted by Crippen LogP contribution is -2.22. The second kappa shape index (κ2) is 9.49. The van der Waals surface area contributed by atoms with E-state index in [1.54, 1.807) is 12.4 Å². The summed E-state index contributed by atoms with van der Waals surface area (Å²) in [7, 11) is 0. The Balaban J connectivity index is 1.34. The Bertz CT molecular complexity index is 1360. The first-order chi connectivity index (χ1) is 16.3. The molecule has 5 aromatic rings. The minimum absolute atomic E-state index is 0.0868. The average molecular weight is 433 g/mol. The summed E-state index contributed by atoms with van der Waals surface area (Å²) in [5, 5.41) is 2.96. The maximum Gasteiger partial charge on any atom is 0.251 e. The fourth-order valence-corrected chi connectivity index (χ4v) is 3.94. The van der Waals surface area contributed by atoms with Gasteiger partial charge in [0.15, 0.2) is 0 Å². The van der Waals surface area contributed by atoms with Crippen molar-refractivity contribution in [2.75, 3.05) is 0 Å². The molecular weight excluding hydrogens is 408 g/mol. The van der Waals surface area contributed by atoms with E-state index >= 15 is 0 Å². The van der Waals surface area contributed by atoms with Crippen molar-refractivity contribution in [1.82, 2.24) is 19.9 Å². The SMILES string of the molecule is O=C(NCc1ccncc1)c1ccc(Cn2c(Cc3ccccc3)nc3ccccc32)cc1. The van der Waals surface area contributed by atoms with Crippen LogP contribution in [0.5, 0.6) is 0 Å². The molecule has 33 heavy (non-hydrogen) atoms. The molecule has 0 aliphatic rings. The van der Waals surface area contributed by atoms with Crippen molar-refractivity contribution in [2.45, 2.75) is 19.5 Å². The summed E-state index contributed by atoms with van der Waals surface area (Å²) in [5.74, 6) is 0.942. The third kappa shape index (κ3) is 4.83. The van der Waals surface area contributed by atoms with Gasteiger partial charge < -0.3 is 9.88 Å². The Morgan fingerprint density at radius 3 is 2.27 bits per heavy atom. The Labute approximate surface area is 192 Å². The standard InChI is InChI=1S/C28H24N4O/c33-28(30-19-22-14-16-29-17-15-22)24-12-10-23(11-13-24)20-32-26-9-5-4-8-25(26)31-27(32)18-21-6-2-1-3-7-21/h1-17H,18-20H2,(H,30,33). The molecule has 0 fully saturated rings. The van der Waals surface area contributed by atoms with Crippen molar-refractivity contribution in [3.05, 3.63) is 131 Å². The predicted octanol–water partition coefficient (Wildman–Crippen LogP) is 5.00. The van der Waals surface area contributed by atoms with Gasteiger partial charge in [0.2, 0.25) is 0 Å². The van der Waals surface area contributed by atoms with Crippen molar-refractivity contribution in [3.63, 3.8) is 0 Å². The molecule has 1 amide bonds. The lowest BCUT2D eigenvalue weighted by atomic mass is 10.1. The van der Waals surface area contributed by atoms with Crippen molar-refractivity contribution < 1.29 is 4.79 Å². The van der Waals surface area contributed by atoms with Crippen LogP contribution in [0.4, 0.5) is 0 Å². The van der Waals surface area contributed by atoms with Crippen LogP contribution in [0, 0.1) is 0 Å². The Kier molecular flexibility index (Phi) is 5.93. The lowest BCUT2D eigenvalue weighted by molar-refractivity contribution is 0.0951. The quantitative estimate of drug-likeness (QED) is 0.394. The molecule has 5 heteroatoms. The second-order valence-electron chi connectivity index (χ2n) is 8.00. The summed E-state index contributed by atoms with van der Waals surface area (Å²) in [4.78, 5) is 21.4. The first kappa shape index (κ1) is 20.6. The van der Waals surface area contributed by atoms with Gasteiger partial charge in [-0.1, -0.05) is 54.6 Å². The summed E-state index contributed by atoms with van der Waals surface area (Å²) in [5.41, 5.74) is 6.13. The van der Waals surface area contributed by atoms with Crippen molar-refractivity contribution >= 4 is 16.9 Å². The van der Waals surface area contributed by atoms with E-state index < -0.39 is 0 Å². The lowest BCUT2D eigenvalue weighted by Gasteiger charge is -2.11. The molecule has 0 saturated carbocycles. The second-order valence-corrected chi connectivity index (χ2v) is 8.00. The summed E-state index contributed by atoms with van der Waals surface area (Å²) >= 11 is 0. The van der Waals surface area contributed by atoms with Crippen molar-refractivity contribution in [3.8, 4) is 0 Å². The minimum Gasteiger partial charge on any atom is -0.348 e. The fourth-order valence-electron chi connectivity index (χ4n) is 3.94. The number of hydrogen-bond acceptors (Lipinski definition) is 3. The molecule has 5 rings (SSSR count). The van der Waals surface area contributed by atoms with E-state index in [0.29, 0.717) is 18.7 Å². The van der Waals surface area contributed by atoms with Gasteiger partial charge in [0.05, 0.1) is 11.0 Å². The molecule has 2 aromatic heterocycles. The average Bonchev–Trinajstić information content (AvgIpc) is 3.21. The largest absolute Gasteiger partial charge is 0.348 e. The summed E-state index contributed by atoms with van der Waals surface area (Å²) in [6, 6.07) is 30.2. The topological polar surface area (TPSA) is 59.8 Å². The number of nitrogens with zero attached hydrogens (tertiary/aromatic N) is 3. The van der Waals surface area contributed by atoms with Gasteiger partial charge in [-0.05, 0) is 53.1 Å². The molecule has 0 aliphatic carbocycles. The van der Waals surface area contributed by atoms with Gasteiger partial charge in [-0.15, -0.1) is 0 Å². The Morgan fingerprint density at radius 2 is 1.48 bits per heavy atom. The molecule has 0 unspecified atom stereocenters. The first-order valence-corrected chi connectivity index (χ1v) is 11.0. The first-order valence-electron chi connectivity index (χ1n) is 11.0. The highest BCUT2D eigenvalue weighted by atomic mass is 16.1. The molecule has 0 radical (unpaired) electrons. The smallest absolute Gasteiger partial charge is 0.251 e. The molecule has 0 saturated heterocycles. The van der Waals surface area contributed by atoms with Gasteiger partial charge in [0.25, 0.3) is 5.91 Å².